The van der Waals surface area contributed by atoms with Crippen LogP contribution in [0, 0.1) is 0 Å². The molecule has 2 rings (SSSR count). The molecular formula is C19H33N7O5S. The van der Waals surface area contributed by atoms with Crippen LogP contribution in [-0.4, -0.2) is 89.2 Å². The van der Waals surface area contributed by atoms with Crippen LogP contribution in [0.25, 0.3) is 0 Å². The Bertz CT molecular complexity index is 725. The second-order valence-electron chi connectivity index (χ2n) is 7.93. The molecule has 2 heterocycles. The second kappa shape index (κ2) is 12.5. The van der Waals surface area contributed by atoms with E-state index >= 15 is 0 Å². The SMILES string of the molecule is NC(N)=NCCCC(NC(=O)C1CCCN1C(=O)C(CS)NC(=O)C1CCCN1)C(=O)O. The molecule has 0 bridgehead atoms. The number of carbonyl (C=O) groups excluding carboxylic acids is 3. The maximum atomic E-state index is 13.0. The van der Waals surface area contributed by atoms with Crippen molar-refractivity contribution < 1.29 is 24.3 Å². The Morgan fingerprint density at radius 2 is 1.84 bits per heavy atom. The van der Waals surface area contributed by atoms with Gasteiger partial charge in [-0.2, -0.15) is 12.6 Å². The molecule has 2 saturated heterocycles. The van der Waals surface area contributed by atoms with E-state index in [9.17, 15) is 24.3 Å². The average molecular weight is 472 g/mol. The van der Waals surface area contributed by atoms with Crippen molar-refractivity contribution in [3.63, 3.8) is 0 Å². The van der Waals surface area contributed by atoms with E-state index in [0.717, 1.165) is 13.0 Å². The van der Waals surface area contributed by atoms with E-state index in [1.807, 2.05) is 0 Å². The van der Waals surface area contributed by atoms with Crippen molar-refractivity contribution in [3.05, 3.63) is 0 Å². The van der Waals surface area contributed by atoms with Gasteiger partial charge in [0.25, 0.3) is 0 Å². The van der Waals surface area contributed by atoms with Gasteiger partial charge in [0.15, 0.2) is 5.96 Å². The van der Waals surface area contributed by atoms with Crippen LogP contribution < -0.4 is 27.4 Å². The monoisotopic (exact) mass is 471 g/mol. The van der Waals surface area contributed by atoms with Gasteiger partial charge in [-0.1, -0.05) is 0 Å². The summed E-state index contributed by atoms with van der Waals surface area (Å²) in [6, 6.07) is -3.12. The molecule has 0 aliphatic carbocycles. The van der Waals surface area contributed by atoms with Crippen molar-refractivity contribution in [2.75, 3.05) is 25.4 Å². The van der Waals surface area contributed by atoms with E-state index in [4.69, 9.17) is 11.5 Å². The Labute approximate surface area is 192 Å². The van der Waals surface area contributed by atoms with Gasteiger partial charge in [-0.15, -0.1) is 0 Å². The van der Waals surface area contributed by atoms with Crippen LogP contribution in [0.3, 0.4) is 0 Å². The van der Waals surface area contributed by atoms with Gasteiger partial charge >= 0.3 is 5.97 Å². The molecule has 13 heteroatoms. The zero-order valence-corrected chi connectivity index (χ0v) is 18.9. The van der Waals surface area contributed by atoms with Crippen LogP contribution in [0.1, 0.15) is 38.5 Å². The number of aliphatic carboxylic acids is 1. The molecule has 3 amide bonds. The number of aliphatic imine (C=N–C) groups is 1. The standard InChI is InChI=1S/C19H33N7O5S/c20-19(21)23-8-2-5-12(18(30)31)24-16(28)14-6-3-9-26(14)17(29)13(10-32)25-15(27)11-4-1-7-22-11/h11-14,22,32H,1-10H2,(H,24,28)(H,25,27)(H,30,31)(H4,20,21,23). The fourth-order valence-electron chi connectivity index (χ4n) is 3.90. The minimum absolute atomic E-state index is 0.0874. The molecular weight excluding hydrogens is 438 g/mol. The molecule has 32 heavy (non-hydrogen) atoms. The van der Waals surface area contributed by atoms with Crippen LogP contribution >= 0.6 is 12.6 Å². The fraction of sp³-hybridized carbons (Fsp3) is 0.737. The molecule has 4 atom stereocenters. The highest BCUT2D eigenvalue weighted by Gasteiger charge is 2.39. The van der Waals surface area contributed by atoms with Crippen LogP contribution in [0.5, 0.6) is 0 Å². The van der Waals surface area contributed by atoms with Gasteiger partial charge in [0, 0.05) is 18.8 Å². The summed E-state index contributed by atoms with van der Waals surface area (Å²) < 4.78 is 0. The van der Waals surface area contributed by atoms with Crippen molar-refractivity contribution in [1.29, 1.82) is 0 Å². The van der Waals surface area contributed by atoms with E-state index in [1.165, 1.54) is 4.90 Å². The lowest BCUT2D eigenvalue weighted by Gasteiger charge is -2.29. The largest absolute Gasteiger partial charge is 0.480 e. The van der Waals surface area contributed by atoms with Crippen LogP contribution in [0.4, 0.5) is 0 Å². The summed E-state index contributed by atoms with van der Waals surface area (Å²) in [7, 11) is 0. The van der Waals surface area contributed by atoms with Gasteiger partial charge in [0.2, 0.25) is 17.7 Å². The fourth-order valence-corrected chi connectivity index (χ4v) is 4.15. The Hall–Kier alpha value is -2.54. The molecule has 2 fully saturated rings. The predicted molar refractivity (Wildman–Crippen MR) is 121 cm³/mol. The molecule has 8 N–H and O–H groups in total. The summed E-state index contributed by atoms with van der Waals surface area (Å²) in [5.41, 5.74) is 10.5. The molecule has 12 nitrogen and oxygen atoms in total. The van der Waals surface area contributed by atoms with Gasteiger partial charge in [-0.3, -0.25) is 19.4 Å². The number of hydrogen-bond acceptors (Lipinski definition) is 7. The molecule has 0 aromatic heterocycles. The van der Waals surface area contributed by atoms with E-state index in [-0.39, 0.29) is 36.6 Å². The number of guanidine groups is 1. The normalized spacial score (nSPS) is 22.1. The van der Waals surface area contributed by atoms with Crippen molar-refractivity contribution in [2.45, 2.75) is 62.7 Å². The minimum Gasteiger partial charge on any atom is -0.480 e. The lowest BCUT2D eigenvalue weighted by Crippen LogP contribution is -2.57. The summed E-state index contributed by atoms with van der Waals surface area (Å²) in [6.45, 7) is 1.35. The lowest BCUT2D eigenvalue weighted by atomic mass is 10.1. The topological polar surface area (TPSA) is 192 Å². The van der Waals surface area contributed by atoms with Gasteiger partial charge in [0.05, 0.1) is 6.04 Å². The first kappa shape index (κ1) is 25.7. The average Bonchev–Trinajstić information content (AvgIpc) is 3.45. The highest BCUT2D eigenvalue weighted by molar-refractivity contribution is 7.80. The Morgan fingerprint density at radius 3 is 2.44 bits per heavy atom. The number of nitrogens with one attached hydrogen (secondary N) is 3. The Balaban J connectivity index is 1.96. The number of nitrogens with two attached hydrogens (primary N) is 2. The quantitative estimate of drug-likeness (QED) is 0.0761. The highest BCUT2D eigenvalue weighted by Crippen LogP contribution is 2.19. The third-order valence-electron chi connectivity index (χ3n) is 5.57. The number of carboxylic acids is 1. The molecule has 2 aliphatic heterocycles. The van der Waals surface area contributed by atoms with Crippen molar-refractivity contribution in [2.24, 2.45) is 16.5 Å². The first-order valence-electron chi connectivity index (χ1n) is 10.8. The predicted octanol–water partition coefficient (Wildman–Crippen LogP) is -2.23. The minimum atomic E-state index is -1.18. The van der Waals surface area contributed by atoms with E-state index < -0.39 is 35.9 Å². The van der Waals surface area contributed by atoms with Crippen LogP contribution in [0.2, 0.25) is 0 Å². The summed E-state index contributed by atoms with van der Waals surface area (Å²) in [5, 5.41) is 17.7. The van der Waals surface area contributed by atoms with Crippen LogP contribution in [0.15, 0.2) is 4.99 Å². The first-order valence-corrected chi connectivity index (χ1v) is 11.4. The third-order valence-corrected chi connectivity index (χ3v) is 5.94. The van der Waals surface area contributed by atoms with Gasteiger partial charge < -0.3 is 37.4 Å². The molecule has 0 aromatic rings. The second-order valence-corrected chi connectivity index (χ2v) is 8.30. The van der Waals surface area contributed by atoms with Crippen molar-refractivity contribution in [1.82, 2.24) is 20.9 Å². The summed E-state index contributed by atoms with van der Waals surface area (Å²) in [6.07, 6.45) is 3.11. The molecule has 4 unspecified atom stereocenters. The molecule has 0 spiro atoms. The van der Waals surface area contributed by atoms with Gasteiger partial charge in [-0.25, -0.2) is 4.79 Å². The molecule has 0 radical (unpaired) electrons. The zero-order valence-electron chi connectivity index (χ0n) is 18.0. The van der Waals surface area contributed by atoms with E-state index in [1.54, 1.807) is 0 Å². The number of nitrogens with zero attached hydrogens (tertiary/aromatic N) is 2. The number of likely N-dealkylation sites (tertiary alicyclic amines) is 1. The van der Waals surface area contributed by atoms with Gasteiger partial charge in [0.1, 0.15) is 18.1 Å². The molecule has 0 saturated carbocycles. The lowest BCUT2D eigenvalue weighted by molar-refractivity contribution is -0.144. The number of rotatable bonds is 11. The van der Waals surface area contributed by atoms with Gasteiger partial charge in [-0.05, 0) is 45.1 Å². The number of carbonyl (C=O) groups is 4. The summed E-state index contributed by atoms with van der Waals surface area (Å²) in [4.78, 5) is 55.0. The first-order chi connectivity index (χ1) is 15.2. The molecule has 2 aliphatic rings. The Morgan fingerprint density at radius 1 is 1.12 bits per heavy atom. The number of hydrogen-bond donors (Lipinski definition) is 7. The highest BCUT2D eigenvalue weighted by atomic mass is 32.1. The number of thiol groups is 1. The maximum absolute atomic E-state index is 13.0. The zero-order chi connectivity index (χ0) is 23.7. The molecule has 180 valence electrons. The number of carboxylic acid groups (broad SMARTS) is 1. The van der Waals surface area contributed by atoms with E-state index in [2.05, 4.69) is 33.6 Å². The third kappa shape index (κ3) is 7.26. The maximum Gasteiger partial charge on any atom is 0.326 e. The summed E-state index contributed by atoms with van der Waals surface area (Å²) >= 11 is 4.20. The Kier molecular flexibility index (Phi) is 10.0. The van der Waals surface area contributed by atoms with E-state index in [0.29, 0.717) is 32.2 Å². The number of amides is 3. The molecule has 0 aromatic carbocycles. The van der Waals surface area contributed by atoms with Crippen molar-refractivity contribution in [3.8, 4) is 0 Å². The smallest absolute Gasteiger partial charge is 0.326 e. The van der Waals surface area contributed by atoms with Crippen LogP contribution in [-0.2, 0) is 19.2 Å². The summed E-state index contributed by atoms with van der Waals surface area (Å²) in [5.74, 6) is -2.37. The van der Waals surface area contributed by atoms with Crippen molar-refractivity contribution >= 4 is 42.3 Å².